The Kier molecular flexibility index (Phi) is 7.01. The van der Waals surface area contributed by atoms with Gasteiger partial charge in [-0.15, -0.1) is 0 Å². The smallest absolute Gasteiger partial charge is 0.0970 e. The predicted octanol–water partition coefficient (Wildman–Crippen LogP) is 5.21. The van der Waals surface area contributed by atoms with E-state index in [0.717, 1.165) is 16.2 Å². The molecule has 0 aliphatic rings. The van der Waals surface area contributed by atoms with Gasteiger partial charge in [0.05, 0.1) is 12.7 Å². The van der Waals surface area contributed by atoms with Crippen LogP contribution in [0, 0.1) is 0 Å². The van der Waals surface area contributed by atoms with Gasteiger partial charge in [0, 0.05) is 33.9 Å². The Balaban J connectivity index is 1.70. The second-order valence-electron chi connectivity index (χ2n) is 4.20. The van der Waals surface area contributed by atoms with E-state index in [1.165, 1.54) is 24.1 Å². The average molecular weight is 306 g/mol. The first-order valence-corrected chi connectivity index (χ1v) is 8.09. The van der Waals surface area contributed by atoms with Gasteiger partial charge in [0.15, 0.2) is 0 Å². The molecule has 0 heterocycles. The summed E-state index contributed by atoms with van der Waals surface area (Å²) in [6, 6.07) is 20.2. The van der Waals surface area contributed by atoms with Crippen molar-refractivity contribution in [1.82, 2.24) is 0 Å². The van der Waals surface area contributed by atoms with Gasteiger partial charge in [0.25, 0.3) is 0 Å². The molecule has 0 saturated carbocycles. The summed E-state index contributed by atoms with van der Waals surface area (Å²) in [6.07, 6.45) is 1.02. The number of hydrogen-bond donors (Lipinski definition) is 0. The van der Waals surface area contributed by atoms with Gasteiger partial charge in [-0.2, -0.15) is 0 Å². The Bertz CT molecular complexity index is 476. The van der Waals surface area contributed by atoms with E-state index in [4.69, 9.17) is 8.37 Å². The molecule has 0 N–H and O–H groups in total. The van der Waals surface area contributed by atoms with Crippen LogP contribution in [0.3, 0.4) is 0 Å². The van der Waals surface area contributed by atoms with Crippen LogP contribution in [0.25, 0.3) is 0 Å². The average Bonchev–Trinajstić information content (AvgIpc) is 2.52. The second kappa shape index (κ2) is 9.08. The van der Waals surface area contributed by atoms with Crippen LogP contribution in [0.15, 0.2) is 70.5 Å². The Morgan fingerprint density at radius 2 is 1.40 bits per heavy atom. The van der Waals surface area contributed by atoms with E-state index >= 15 is 0 Å². The Morgan fingerprint density at radius 1 is 0.850 bits per heavy atom. The summed E-state index contributed by atoms with van der Waals surface area (Å²) >= 11 is 2.81. The van der Waals surface area contributed by atoms with Crippen molar-refractivity contribution in [1.29, 1.82) is 0 Å². The SMILES string of the molecule is CCC(COSc1ccccc1)OSc1ccccc1. The quantitative estimate of drug-likeness (QED) is 0.623. The Labute approximate surface area is 129 Å². The van der Waals surface area contributed by atoms with Crippen molar-refractivity contribution in [2.75, 3.05) is 6.61 Å². The van der Waals surface area contributed by atoms with Gasteiger partial charge in [-0.25, -0.2) is 0 Å². The lowest BCUT2D eigenvalue weighted by Gasteiger charge is -2.14. The molecule has 0 aliphatic carbocycles. The summed E-state index contributed by atoms with van der Waals surface area (Å²) in [6.45, 7) is 2.68. The molecular weight excluding hydrogens is 288 g/mol. The molecular formula is C16H18O2S2. The van der Waals surface area contributed by atoms with Crippen molar-refractivity contribution < 1.29 is 8.37 Å². The maximum Gasteiger partial charge on any atom is 0.0970 e. The van der Waals surface area contributed by atoms with Crippen molar-refractivity contribution in [3.8, 4) is 0 Å². The third kappa shape index (κ3) is 5.59. The van der Waals surface area contributed by atoms with E-state index in [9.17, 15) is 0 Å². The van der Waals surface area contributed by atoms with Gasteiger partial charge >= 0.3 is 0 Å². The fraction of sp³-hybridized carbons (Fsp3) is 0.250. The van der Waals surface area contributed by atoms with Crippen LogP contribution in [-0.4, -0.2) is 12.7 Å². The maximum absolute atomic E-state index is 5.79. The molecule has 0 aromatic heterocycles. The van der Waals surface area contributed by atoms with E-state index < -0.39 is 0 Å². The monoisotopic (exact) mass is 306 g/mol. The molecule has 0 fully saturated rings. The van der Waals surface area contributed by atoms with Crippen molar-refractivity contribution in [2.45, 2.75) is 29.2 Å². The standard InChI is InChI=1S/C16H18O2S2/c1-2-14(18-20-16-11-7-4-8-12-16)13-17-19-15-9-5-3-6-10-15/h3-12,14H,2,13H2,1H3. The first-order valence-electron chi connectivity index (χ1n) is 6.61. The van der Waals surface area contributed by atoms with E-state index in [0.29, 0.717) is 6.61 Å². The van der Waals surface area contributed by atoms with Crippen LogP contribution in [-0.2, 0) is 8.37 Å². The van der Waals surface area contributed by atoms with Gasteiger partial charge in [0.2, 0.25) is 0 Å². The molecule has 106 valence electrons. The highest BCUT2D eigenvalue weighted by Gasteiger charge is 2.09. The van der Waals surface area contributed by atoms with Gasteiger partial charge in [-0.1, -0.05) is 43.3 Å². The largest absolute Gasteiger partial charge is 0.307 e. The zero-order chi connectivity index (χ0) is 14.0. The van der Waals surface area contributed by atoms with Crippen molar-refractivity contribution in [2.24, 2.45) is 0 Å². The molecule has 4 heteroatoms. The summed E-state index contributed by atoms with van der Waals surface area (Å²) in [4.78, 5) is 2.22. The molecule has 2 nitrogen and oxygen atoms in total. The molecule has 0 bridgehead atoms. The van der Waals surface area contributed by atoms with E-state index in [2.05, 4.69) is 6.92 Å². The molecule has 0 saturated heterocycles. The van der Waals surface area contributed by atoms with Gasteiger partial charge in [0.1, 0.15) is 0 Å². The molecule has 1 atom stereocenters. The lowest BCUT2D eigenvalue weighted by molar-refractivity contribution is 0.162. The molecule has 0 amide bonds. The molecule has 2 rings (SSSR count). The fourth-order valence-corrected chi connectivity index (χ4v) is 2.80. The van der Waals surface area contributed by atoms with Crippen LogP contribution in [0.2, 0.25) is 0 Å². The molecule has 2 aromatic carbocycles. The number of benzene rings is 2. The molecule has 0 radical (unpaired) electrons. The lowest BCUT2D eigenvalue weighted by Crippen LogP contribution is -2.13. The summed E-state index contributed by atoms with van der Waals surface area (Å²) in [5.41, 5.74) is 0. The topological polar surface area (TPSA) is 18.5 Å². The maximum atomic E-state index is 5.79. The van der Waals surface area contributed by atoms with Crippen LogP contribution >= 0.6 is 24.1 Å². The van der Waals surface area contributed by atoms with Crippen molar-refractivity contribution >= 4 is 24.1 Å². The minimum Gasteiger partial charge on any atom is -0.307 e. The molecule has 20 heavy (non-hydrogen) atoms. The first kappa shape index (κ1) is 15.4. The molecule has 0 spiro atoms. The highest BCUT2D eigenvalue weighted by molar-refractivity contribution is 7.95. The Hall–Kier alpha value is -0.940. The zero-order valence-electron chi connectivity index (χ0n) is 11.4. The van der Waals surface area contributed by atoms with E-state index in [-0.39, 0.29) is 6.10 Å². The van der Waals surface area contributed by atoms with Gasteiger partial charge in [-0.05, 0) is 30.7 Å². The van der Waals surface area contributed by atoms with Crippen molar-refractivity contribution in [3.63, 3.8) is 0 Å². The summed E-state index contributed by atoms with van der Waals surface area (Å²) < 4.78 is 11.4. The third-order valence-electron chi connectivity index (χ3n) is 2.63. The predicted molar refractivity (Wildman–Crippen MR) is 85.7 cm³/mol. The van der Waals surface area contributed by atoms with Gasteiger partial charge in [-0.3, -0.25) is 0 Å². The molecule has 1 unspecified atom stereocenters. The van der Waals surface area contributed by atoms with Crippen LogP contribution in [0.5, 0.6) is 0 Å². The highest BCUT2D eigenvalue weighted by atomic mass is 32.2. The highest BCUT2D eigenvalue weighted by Crippen LogP contribution is 2.24. The lowest BCUT2D eigenvalue weighted by atomic mass is 10.3. The first-order chi connectivity index (χ1) is 9.88. The van der Waals surface area contributed by atoms with Crippen LogP contribution in [0.1, 0.15) is 13.3 Å². The summed E-state index contributed by atoms with van der Waals surface area (Å²) in [7, 11) is 0. The number of hydrogen-bond acceptors (Lipinski definition) is 4. The number of rotatable bonds is 8. The minimum atomic E-state index is 0.0939. The van der Waals surface area contributed by atoms with Gasteiger partial charge < -0.3 is 8.37 Å². The zero-order valence-corrected chi connectivity index (χ0v) is 13.0. The Morgan fingerprint density at radius 3 is 1.95 bits per heavy atom. The van der Waals surface area contributed by atoms with Crippen molar-refractivity contribution in [3.05, 3.63) is 60.7 Å². The normalized spacial score (nSPS) is 12.2. The summed E-state index contributed by atoms with van der Waals surface area (Å²) in [5.74, 6) is 0. The third-order valence-corrected chi connectivity index (χ3v) is 4.18. The summed E-state index contributed by atoms with van der Waals surface area (Å²) in [5, 5.41) is 0. The van der Waals surface area contributed by atoms with E-state index in [1.807, 2.05) is 60.7 Å². The molecule has 0 aliphatic heterocycles. The molecule has 2 aromatic rings. The van der Waals surface area contributed by atoms with Crippen LogP contribution in [0.4, 0.5) is 0 Å². The second-order valence-corrected chi connectivity index (χ2v) is 5.91. The van der Waals surface area contributed by atoms with Crippen LogP contribution < -0.4 is 0 Å². The minimum absolute atomic E-state index is 0.0939. The fourth-order valence-electron chi connectivity index (χ4n) is 1.47. The van der Waals surface area contributed by atoms with E-state index in [1.54, 1.807) is 0 Å².